The predicted octanol–water partition coefficient (Wildman–Crippen LogP) is 0.417. The number of hydrogen-bond acceptors (Lipinski definition) is 2. The molecule has 1 rings (SSSR count). The normalized spacial score (nSPS) is 9.00. The van der Waals surface area contributed by atoms with E-state index in [-0.39, 0.29) is 5.43 Å². The van der Waals surface area contributed by atoms with Crippen molar-refractivity contribution in [2.24, 2.45) is 0 Å². The van der Waals surface area contributed by atoms with Crippen LogP contribution in [0.15, 0.2) is 23.1 Å². The van der Waals surface area contributed by atoms with E-state index in [0.29, 0.717) is 0 Å². The first-order valence-electron chi connectivity index (χ1n) is 2.69. The molecule has 0 bridgehead atoms. The summed E-state index contributed by atoms with van der Waals surface area (Å²) in [5.74, 6) is 0.738. The van der Waals surface area contributed by atoms with E-state index in [1.165, 1.54) is 12.1 Å². The Kier molecular flexibility index (Phi) is 1.53. The fourth-order valence-electron chi connectivity index (χ4n) is 0.590. The highest BCUT2D eigenvalue weighted by Gasteiger charge is 1.84. The van der Waals surface area contributed by atoms with Crippen LogP contribution < -0.4 is 10.7 Å². The number of anilines is 1. The Bertz CT molecular complexity index is 241. The summed E-state index contributed by atoms with van der Waals surface area (Å²) in [6.07, 6.45) is 1.61. The molecule has 0 radical (unpaired) electrons. The van der Waals surface area contributed by atoms with Crippen molar-refractivity contribution in [3.8, 4) is 0 Å². The quantitative estimate of drug-likeness (QED) is 0.569. The van der Waals surface area contributed by atoms with Gasteiger partial charge in [-0.25, -0.2) is 0 Å². The molecule has 0 fully saturated rings. The number of pyridine rings is 1. The fraction of sp³-hybridized carbons (Fsp3) is 0.167. The van der Waals surface area contributed by atoms with Crippen LogP contribution in [0.4, 0.5) is 5.82 Å². The van der Waals surface area contributed by atoms with E-state index in [4.69, 9.17) is 0 Å². The van der Waals surface area contributed by atoms with Gasteiger partial charge in [0.15, 0.2) is 5.43 Å². The minimum atomic E-state index is 0.0121. The van der Waals surface area contributed by atoms with Crippen molar-refractivity contribution in [1.82, 2.24) is 4.98 Å². The lowest BCUT2D eigenvalue weighted by atomic mass is 10.4. The predicted molar refractivity (Wildman–Crippen MR) is 36.6 cm³/mol. The highest BCUT2D eigenvalue weighted by Crippen LogP contribution is 1.90. The van der Waals surface area contributed by atoms with Crippen molar-refractivity contribution in [2.45, 2.75) is 0 Å². The first-order chi connectivity index (χ1) is 4.33. The van der Waals surface area contributed by atoms with Crippen LogP contribution in [-0.2, 0) is 0 Å². The number of aromatic nitrogens is 1. The van der Waals surface area contributed by atoms with Crippen molar-refractivity contribution in [3.63, 3.8) is 0 Å². The Labute approximate surface area is 52.7 Å². The summed E-state index contributed by atoms with van der Waals surface area (Å²) >= 11 is 0. The average molecular weight is 124 g/mol. The van der Waals surface area contributed by atoms with E-state index in [1.54, 1.807) is 13.2 Å². The molecule has 1 heterocycles. The number of nitrogens with one attached hydrogen (secondary N) is 2. The summed E-state index contributed by atoms with van der Waals surface area (Å²) in [6.45, 7) is 0. The summed E-state index contributed by atoms with van der Waals surface area (Å²) in [6, 6.07) is 2.97. The SMILES string of the molecule is CNc1cc(=O)cc[nH]1. The van der Waals surface area contributed by atoms with Gasteiger partial charge in [0.25, 0.3) is 0 Å². The minimum Gasteiger partial charge on any atom is -0.375 e. The second-order valence-electron chi connectivity index (χ2n) is 1.69. The lowest BCUT2D eigenvalue weighted by Gasteiger charge is -1.94. The Balaban J connectivity index is 3.08. The summed E-state index contributed by atoms with van der Waals surface area (Å²) < 4.78 is 0. The number of hydrogen-bond donors (Lipinski definition) is 2. The van der Waals surface area contributed by atoms with Gasteiger partial charge in [-0.1, -0.05) is 0 Å². The van der Waals surface area contributed by atoms with Crippen LogP contribution in [0, 0.1) is 0 Å². The first kappa shape index (κ1) is 5.88. The van der Waals surface area contributed by atoms with Crippen LogP contribution in [0.3, 0.4) is 0 Å². The van der Waals surface area contributed by atoms with Crippen molar-refractivity contribution in [2.75, 3.05) is 12.4 Å². The first-order valence-corrected chi connectivity index (χ1v) is 2.69. The standard InChI is InChI=1S/C6H8N2O/c1-7-6-4-5(9)2-3-8-6/h2-4H,1H3,(H2,7,8,9). The third kappa shape index (κ3) is 1.32. The van der Waals surface area contributed by atoms with Gasteiger partial charge in [-0.05, 0) is 0 Å². The second kappa shape index (κ2) is 2.35. The maximum absolute atomic E-state index is 10.6. The molecule has 1 aromatic rings. The van der Waals surface area contributed by atoms with Crippen molar-refractivity contribution >= 4 is 5.82 Å². The van der Waals surface area contributed by atoms with E-state index in [9.17, 15) is 4.79 Å². The molecule has 0 atom stereocenters. The van der Waals surface area contributed by atoms with Crippen molar-refractivity contribution in [3.05, 3.63) is 28.6 Å². The topological polar surface area (TPSA) is 44.9 Å². The van der Waals surface area contributed by atoms with E-state index >= 15 is 0 Å². The molecule has 0 saturated heterocycles. The fourth-order valence-corrected chi connectivity index (χ4v) is 0.590. The molecule has 48 valence electrons. The largest absolute Gasteiger partial charge is 0.375 e. The zero-order chi connectivity index (χ0) is 6.69. The van der Waals surface area contributed by atoms with Gasteiger partial charge in [-0.15, -0.1) is 0 Å². The zero-order valence-electron chi connectivity index (χ0n) is 5.14. The van der Waals surface area contributed by atoms with Crippen LogP contribution in [0.2, 0.25) is 0 Å². The Morgan fingerprint density at radius 1 is 1.67 bits per heavy atom. The summed E-state index contributed by atoms with van der Waals surface area (Å²) in [7, 11) is 1.76. The van der Waals surface area contributed by atoms with Gasteiger partial charge in [0.1, 0.15) is 5.82 Å². The second-order valence-corrected chi connectivity index (χ2v) is 1.69. The molecule has 0 aliphatic heterocycles. The minimum absolute atomic E-state index is 0.0121. The lowest BCUT2D eigenvalue weighted by Crippen LogP contribution is -2.00. The van der Waals surface area contributed by atoms with E-state index in [2.05, 4.69) is 10.3 Å². The molecule has 3 nitrogen and oxygen atoms in total. The number of H-pyrrole nitrogens is 1. The number of aromatic amines is 1. The van der Waals surface area contributed by atoms with Crippen LogP contribution >= 0.6 is 0 Å². The highest BCUT2D eigenvalue weighted by atomic mass is 16.1. The molecular formula is C6H8N2O. The van der Waals surface area contributed by atoms with Crippen LogP contribution in [0.1, 0.15) is 0 Å². The van der Waals surface area contributed by atoms with Gasteiger partial charge < -0.3 is 10.3 Å². The average Bonchev–Trinajstić information content (AvgIpc) is 1.88. The molecular weight excluding hydrogens is 116 g/mol. The molecule has 0 unspecified atom stereocenters. The highest BCUT2D eigenvalue weighted by molar-refractivity contribution is 5.31. The maximum Gasteiger partial charge on any atom is 0.183 e. The van der Waals surface area contributed by atoms with E-state index in [0.717, 1.165) is 5.82 Å². The summed E-state index contributed by atoms with van der Waals surface area (Å²) in [5.41, 5.74) is 0.0121. The molecule has 0 aromatic carbocycles. The van der Waals surface area contributed by atoms with Gasteiger partial charge in [0.05, 0.1) is 0 Å². The van der Waals surface area contributed by atoms with Crippen molar-refractivity contribution in [1.29, 1.82) is 0 Å². The molecule has 0 aliphatic carbocycles. The summed E-state index contributed by atoms with van der Waals surface area (Å²) in [4.78, 5) is 13.4. The van der Waals surface area contributed by atoms with Gasteiger partial charge in [0.2, 0.25) is 0 Å². The monoisotopic (exact) mass is 124 g/mol. The van der Waals surface area contributed by atoms with Gasteiger partial charge in [-0.3, -0.25) is 4.79 Å². The molecule has 0 amide bonds. The molecule has 0 spiro atoms. The molecule has 3 heteroatoms. The van der Waals surface area contributed by atoms with E-state index in [1.807, 2.05) is 0 Å². The maximum atomic E-state index is 10.6. The van der Waals surface area contributed by atoms with Crippen molar-refractivity contribution < 1.29 is 0 Å². The lowest BCUT2D eigenvalue weighted by molar-refractivity contribution is 1.27. The van der Waals surface area contributed by atoms with Crippen LogP contribution in [-0.4, -0.2) is 12.0 Å². The Morgan fingerprint density at radius 2 is 2.44 bits per heavy atom. The zero-order valence-corrected chi connectivity index (χ0v) is 5.14. The smallest absolute Gasteiger partial charge is 0.183 e. The molecule has 2 N–H and O–H groups in total. The van der Waals surface area contributed by atoms with Crippen LogP contribution in [0.25, 0.3) is 0 Å². The van der Waals surface area contributed by atoms with Crippen LogP contribution in [0.5, 0.6) is 0 Å². The van der Waals surface area contributed by atoms with Gasteiger partial charge >= 0.3 is 0 Å². The molecule has 0 aliphatic rings. The summed E-state index contributed by atoms with van der Waals surface area (Å²) in [5, 5.41) is 2.81. The third-order valence-corrected chi connectivity index (χ3v) is 1.04. The third-order valence-electron chi connectivity index (χ3n) is 1.04. The molecule has 1 aromatic heterocycles. The van der Waals surface area contributed by atoms with E-state index < -0.39 is 0 Å². The van der Waals surface area contributed by atoms with Gasteiger partial charge in [0, 0.05) is 25.4 Å². The molecule has 0 saturated carbocycles. The Morgan fingerprint density at radius 3 is 2.89 bits per heavy atom. The molecule has 9 heavy (non-hydrogen) atoms. The number of rotatable bonds is 1. The van der Waals surface area contributed by atoms with Gasteiger partial charge in [-0.2, -0.15) is 0 Å². The Hall–Kier alpha value is -1.25.